The number of hydrogen-bond acceptors (Lipinski definition) is 4. The molecule has 4 rings (SSSR count). The Hall–Kier alpha value is -3.32. The van der Waals surface area contributed by atoms with Crippen molar-refractivity contribution in [3.05, 3.63) is 88.7 Å². The first-order chi connectivity index (χ1) is 16.1. The smallest absolute Gasteiger partial charge is 0.251 e. The summed E-state index contributed by atoms with van der Waals surface area (Å²) >= 11 is 3.42. The van der Waals surface area contributed by atoms with Gasteiger partial charge >= 0.3 is 0 Å². The largest absolute Gasteiger partial charge is 0.490 e. The van der Waals surface area contributed by atoms with E-state index in [1.54, 1.807) is 12.1 Å². The highest BCUT2D eigenvalue weighted by Crippen LogP contribution is 2.27. The number of para-hydroxylation sites is 4. The fourth-order valence-corrected chi connectivity index (χ4v) is 4.12. The molecule has 4 aromatic rings. The first kappa shape index (κ1) is 22.9. The average molecular weight is 508 g/mol. The summed E-state index contributed by atoms with van der Waals surface area (Å²) in [5.41, 5.74) is 2.47. The van der Waals surface area contributed by atoms with Crippen LogP contribution in [0.3, 0.4) is 0 Å². The number of benzene rings is 3. The van der Waals surface area contributed by atoms with Crippen molar-refractivity contribution in [3.8, 4) is 11.5 Å². The standard InChI is InChI=1S/C26H26BrN3O3/c1-3-32-23-13-6-7-14-24(23)33-16-15-30-22-12-5-4-11-21(22)29-25(30)18(2)28-26(31)19-9-8-10-20(27)17-19/h4-14,17-18H,3,15-16H2,1-2H3,(H,28,31). The molecule has 1 aromatic heterocycles. The lowest BCUT2D eigenvalue weighted by Crippen LogP contribution is -2.29. The van der Waals surface area contributed by atoms with Crippen molar-refractivity contribution in [1.82, 2.24) is 14.9 Å². The van der Waals surface area contributed by atoms with Gasteiger partial charge in [-0.15, -0.1) is 0 Å². The van der Waals surface area contributed by atoms with Crippen LogP contribution in [-0.4, -0.2) is 28.7 Å². The van der Waals surface area contributed by atoms with Crippen LogP contribution in [0.4, 0.5) is 0 Å². The number of nitrogens with zero attached hydrogens (tertiary/aromatic N) is 2. The lowest BCUT2D eigenvalue weighted by molar-refractivity contribution is 0.0937. The Labute approximate surface area is 201 Å². The topological polar surface area (TPSA) is 65.4 Å². The summed E-state index contributed by atoms with van der Waals surface area (Å²) in [7, 11) is 0. The molecule has 0 saturated heterocycles. The summed E-state index contributed by atoms with van der Waals surface area (Å²) in [6.07, 6.45) is 0. The SMILES string of the molecule is CCOc1ccccc1OCCn1c(C(C)NC(=O)c2cccc(Br)c2)nc2ccccc21. The summed E-state index contributed by atoms with van der Waals surface area (Å²) < 4.78 is 14.7. The second-order valence-electron chi connectivity index (χ2n) is 7.54. The Morgan fingerprint density at radius 1 is 1.03 bits per heavy atom. The zero-order valence-electron chi connectivity index (χ0n) is 18.6. The van der Waals surface area contributed by atoms with Crippen molar-refractivity contribution < 1.29 is 14.3 Å². The second kappa shape index (κ2) is 10.5. The fraction of sp³-hybridized carbons (Fsp3) is 0.231. The number of imidazole rings is 1. The van der Waals surface area contributed by atoms with Gasteiger partial charge in [-0.25, -0.2) is 4.98 Å². The van der Waals surface area contributed by atoms with Crippen LogP contribution in [0.1, 0.15) is 36.1 Å². The summed E-state index contributed by atoms with van der Waals surface area (Å²) in [4.78, 5) is 17.6. The summed E-state index contributed by atoms with van der Waals surface area (Å²) in [5, 5.41) is 3.07. The third-order valence-corrected chi connectivity index (χ3v) is 5.72. The Morgan fingerprint density at radius 2 is 1.76 bits per heavy atom. The van der Waals surface area contributed by atoms with E-state index in [-0.39, 0.29) is 11.9 Å². The van der Waals surface area contributed by atoms with Crippen LogP contribution in [0.2, 0.25) is 0 Å². The zero-order chi connectivity index (χ0) is 23.2. The number of nitrogens with one attached hydrogen (secondary N) is 1. The number of amides is 1. The van der Waals surface area contributed by atoms with Gasteiger partial charge in [0.25, 0.3) is 5.91 Å². The van der Waals surface area contributed by atoms with Gasteiger partial charge in [0.05, 0.1) is 30.2 Å². The molecule has 0 bridgehead atoms. The third-order valence-electron chi connectivity index (χ3n) is 5.23. The maximum atomic E-state index is 12.8. The molecule has 7 heteroatoms. The number of carbonyl (C=O) groups excluding carboxylic acids is 1. The van der Waals surface area contributed by atoms with Gasteiger partial charge in [-0.3, -0.25) is 4.79 Å². The maximum absolute atomic E-state index is 12.8. The van der Waals surface area contributed by atoms with E-state index < -0.39 is 0 Å². The highest BCUT2D eigenvalue weighted by Gasteiger charge is 2.19. The van der Waals surface area contributed by atoms with Crippen LogP contribution < -0.4 is 14.8 Å². The number of fused-ring (bicyclic) bond motifs is 1. The molecule has 33 heavy (non-hydrogen) atoms. The van der Waals surface area contributed by atoms with Gasteiger partial charge in [-0.05, 0) is 56.3 Å². The summed E-state index contributed by atoms with van der Waals surface area (Å²) in [6, 6.07) is 22.6. The van der Waals surface area contributed by atoms with E-state index >= 15 is 0 Å². The predicted molar refractivity (Wildman–Crippen MR) is 133 cm³/mol. The molecule has 0 aliphatic carbocycles. The number of hydrogen-bond donors (Lipinski definition) is 1. The van der Waals surface area contributed by atoms with Crippen LogP contribution in [0.25, 0.3) is 11.0 Å². The first-order valence-corrected chi connectivity index (χ1v) is 11.7. The maximum Gasteiger partial charge on any atom is 0.251 e. The minimum Gasteiger partial charge on any atom is -0.490 e. The first-order valence-electron chi connectivity index (χ1n) is 10.9. The minimum absolute atomic E-state index is 0.149. The molecule has 1 atom stereocenters. The number of rotatable bonds is 9. The highest BCUT2D eigenvalue weighted by molar-refractivity contribution is 9.10. The van der Waals surface area contributed by atoms with Crippen LogP contribution in [-0.2, 0) is 6.54 Å². The van der Waals surface area contributed by atoms with Crippen LogP contribution >= 0.6 is 15.9 Å². The molecule has 0 aliphatic heterocycles. The molecule has 1 heterocycles. The molecule has 0 aliphatic rings. The highest BCUT2D eigenvalue weighted by atomic mass is 79.9. The van der Waals surface area contributed by atoms with Crippen LogP contribution in [0.15, 0.2) is 77.3 Å². The molecule has 3 aromatic carbocycles. The fourth-order valence-electron chi connectivity index (χ4n) is 3.72. The second-order valence-corrected chi connectivity index (χ2v) is 8.46. The van der Waals surface area contributed by atoms with E-state index in [9.17, 15) is 4.79 Å². The van der Waals surface area contributed by atoms with Crippen molar-refractivity contribution in [1.29, 1.82) is 0 Å². The zero-order valence-corrected chi connectivity index (χ0v) is 20.2. The number of aromatic nitrogens is 2. The van der Waals surface area contributed by atoms with E-state index in [0.717, 1.165) is 27.1 Å². The van der Waals surface area contributed by atoms with Crippen molar-refractivity contribution in [2.75, 3.05) is 13.2 Å². The molecular weight excluding hydrogens is 482 g/mol. The summed E-state index contributed by atoms with van der Waals surface area (Å²) in [6.45, 7) is 5.48. The normalized spacial score (nSPS) is 11.8. The molecule has 6 nitrogen and oxygen atoms in total. The molecular formula is C26H26BrN3O3. The molecule has 1 amide bonds. The van der Waals surface area contributed by atoms with Crippen molar-refractivity contribution >= 4 is 32.9 Å². The quantitative estimate of drug-likeness (QED) is 0.312. The van der Waals surface area contributed by atoms with Gasteiger partial charge in [0.15, 0.2) is 11.5 Å². The van der Waals surface area contributed by atoms with E-state index in [1.165, 1.54) is 0 Å². The lowest BCUT2D eigenvalue weighted by Gasteiger charge is -2.17. The molecule has 1 N–H and O–H groups in total. The van der Waals surface area contributed by atoms with E-state index in [0.29, 0.717) is 31.1 Å². The van der Waals surface area contributed by atoms with Gasteiger partial charge < -0.3 is 19.4 Å². The average Bonchev–Trinajstić information content (AvgIpc) is 3.19. The van der Waals surface area contributed by atoms with Gasteiger partial charge in [-0.1, -0.05) is 46.3 Å². The molecule has 1 unspecified atom stereocenters. The van der Waals surface area contributed by atoms with E-state index in [1.807, 2.05) is 74.5 Å². The molecule has 170 valence electrons. The van der Waals surface area contributed by atoms with E-state index in [2.05, 4.69) is 25.8 Å². The predicted octanol–water partition coefficient (Wildman–Crippen LogP) is 5.77. The van der Waals surface area contributed by atoms with Crippen molar-refractivity contribution in [3.63, 3.8) is 0 Å². The van der Waals surface area contributed by atoms with Crippen LogP contribution in [0.5, 0.6) is 11.5 Å². The Balaban J connectivity index is 1.54. The number of carbonyl (C=O) groups is 1. The Morgan fingerprint density at radius 3 is 2.52 bits per heavy atom. The summed E-state index contributed by atoms with van der Waals surface area (Å²) in [5.74, 6) is 2.07. The van der Waals surface area contributed by atoms with Gasteiger partial charge in [0, 0.05) is 10.0 Å². The molecule has 0 radical (unpaired) electrons. The van der Waals surface area contributed by atoms with Crippen LogP contribution in [0, 0.1) is 0 Å². The number of ether oxygens (including phenoxy) is 2. The number of halogens is 1. The third kappa shape index (κ3) is 5.37. The molecule has 0 fully saturated rings. The Bertz CT molecular complexity index is 1250. The van der Waals surface area contributed by atoms with Crippen molar-refractivity contribution in [2.45, 2.75) is 26.4 Å². The minimum atomic E-state index is -0.292. The van der Waals surface area contributed by atoms with Gasteiger partial charge in [0.2, 0.25) is 0 Å². The molecule has 0 spiro atoms. The van der Waals surface area contributed by atoms with Crippen molar-refractivity contribution in [2.24, 2.45) is 0 Å². The monoisotopic (exact) mass is 507 g/mol. The van der Waals surface area contributed by atoms with E-state index in [4.69, 9.17) is 14.5 Å². The Kier molecular flexibility index (Phi) is 7.29. The van der Waals surface area contributed by atoms with Gasteiger partial charge in [0.1, 0.15) is 12.4 Å². The molecule has 0 saturated carbocycles. The van der Waals surface area contributed by atoms with Gasteiger partial charge in [-0.2, -0.15) is 0 Å². The lowest BCUT2D eigenvalue weighted by atomic mass is 10.2.